The second-order valence-electron chi connectivity index (χ2n) is 15.8. The van der Waals surface area contributed by atoms with Crippen LogP contribution in [-0.2, 0) is 22.2 Å². The molecule has 1 aliphatic carbocycles. The zero-order valence-electron chi connectivity index (χ0n) is 31.0. The number of aromatic nitrogens is 6. The minimum atomic E-state index is -1.20. The molecule has 5 heterocycles. The third-order valence-corrected chi connectivity index (χ3v) is 11.8. The lowest BCUT2D eigenvalue weighted by Gasteiger charge is -2.37. The van der Waals surface area contributed by atoms with Crippen LogP contribution in [0.3, 0.4) is 0 Å². The molecule has 5 aromatic rings. The number of para-hydroxylation sites is 1. The minimum Gasteiger partial charge on any atom is -0.386 e. The van der Waals surface area contributed by atoms with Gasteiger partial charge in [0.05, 0.1) is 34.4 Å². The number of carbonyl (C=O) groups is 3. The molecule has 3 aromatic heterocycles. The number of likely N-dealkylation sites (tertiary alicyclic amines) is 1. The highest BCUT2D eigenvalue weighted by Crippen LogP contribution is 2.38. The molecule has 8 rings (SSSR count). The molecule has 3 N–H and O–H groups in total. The van der Waals surface area contributed by atoms with Gasteiger partial charge in [0.15, 0.2) is 0 Å². The van der Waals surface area contributed by atoms with Crippen molar-refractivity contribution < 1.29 is 19.5 Å². The molecule has 2 saturated heterocycles. The van der Waals surface area contributed by atoms with Gasteiger partial charge >= 0.3 is 5.69 Å². The van der Waals surface area contributed by atoms with E-state index in [2.05, 4.69) is 36.2 Å². The van der Waals surface area contributed by atoms with Crippen LogP contribution < -0.4 is 16.3 Å². The van der Waals surface area contributed by atoms with E-state index >= 15 is 0 Å². The number of hydrogen-bond donors (Lipinski definition) is 3. The number of hydrogen-bond acceptors (Lipinski definition) is 9. The van der Waals surface area contributed by atoms with E-state index in [1.54, 1.807) is 30.0 Å². The van der Waals surface area contributed by atoms with Gasteiger partial charge in [-0.15, -0.1) is 0 Å². The second kappa shape index (κ2) is 14.2. The molecular weight excluding hydrogens is 686 g/mol. The molecule has 3 amide bonds. The molecule has 1 unspecified atom stereocenters. The molecule has 1 saturated carbocycles. The number of imidazole rings is 1. The molecule has 0 bridgehead atoms. The monoisotopic (exact) mass is 733 g/mol. The number of amides is 3. The number of benzene rings is 2. The van der Waals surface area contributed by atoms with Crippen LogP contribution in [0.25, 0.3) is 21.9 Å². The molecule has 1 atom stereocenters. The van der Waals surface area contributed by atoms with Crippen LogP contribution in [0.2, 0.25) is 0 Å². The summed E-state index contributed by atoms with van der Waals surface area (Å²) >= 11 is 0. The van der Waals surface area contributed by atoms with Crippen LogP contribution in [0.4, 0.5) is 5.69 Å². The maximum absolute atomic E-state index is 13.4. The first-order valence-corrected chi connectivity index (χ1v) is 19.0. The Morgan fingerprint density at radius 2 is 1.80 bits per heavy atom. The lowest BCUT2D eigenvalue weighted by Crippen LogP contribution is -2.44. The standard InChI is InChI=1S/C40H47N9O5/c1-40(2,54)29-20-30-26(19-31(29)43-37(51)32-21-41-15-16-42-32)23-48(45-30)27-9-7-24(8-10-27)22-47-17-13-25(14-18-47)28-5-4-6-33-36(28)46(3)39(53)49(33)34-11-12-35(50)44-38(34)52/h4-6,15-16,19-21,23-25,27,34,54H,7-14,17-18,22H2,1-3H3,(H,43,51)(H,44,50,52)/t24-,27-,34?. The van der Waals surface area contributed by atoms with Crippen LogP contribution in [-0.4, -0.2) is 76.2 Å². The third-order valence-electron chi connectivity index (χ3n) is 11.8. The molecule has 2 aromatic carbocycles. The summed E-state index contributed by atoms with van der Waals surface area (Å²) in [4.78, 5) is 61.5. The number of rotatable bonds is 8. The number of fused-ring (bicyclic) bond motifs is 2. The number of imide groups is 1. The van der Waals surface area contributed by atoms with Gasteiger partial charge in [0.1, 0.15) is 11.7 Å². The van der Waals surface area contributed by atoms with Gasteiger partial charge in [-0.05, 0) is 107 Å². The van der Waals surface area contributed by atoms with Gasteiger partial charge in [-0.1, -0.05) is 12.1 Å². The topological polar surface area (TPSA) is 169 Å². The van der Waals surface area contributed by atoms with E-state index in [1.165, 1.54) is 18.6 Å². The minimum absolute atomic E-state index is 0.195. The summed E-state index contributed by atoms with van der Waals surface area (Å²) in [7, 11) is 1.78. The smallest absolute Gasteiger partial charge is 0.329 e. The molecule has 14 heteroatoms. The Hall–Kier alpha value is -5.21. The van der Waals surface area contributed by atoms with Gasteiger partial charge in [-0.3, -0.25) is 38.5 Å². The molecule has 0 spiro atoms. The zero-order chi connectivity index (χ0) is 37.7. The summed E-state index contributed by atoms with van der Waals surface area (Å²) in [5.41, 5.74) is 3.43. The number of carbonyl (C=O) groups excluding carboxylic acids is 3. The first-order chi connectivity index (χ1) is 25.9. The van der Waals surface area contributed by atoms with E-state index in [0.29, 0.717) is 29.5 Å². The SMILES string of the molecule is Cn1c(=O)n(C2CCC(=O)NC2=O)c2cccc(C3CCN(C[C@H]4CC[C@H](n5cc6cc(NC(=O)c7cnccn7)c(C(C)(C)O)cc6n5)CC4)CC3)c21. The third kappa shape index (κ3) is 6.84. The molecule has 3 fully saturated rings. The highest BCUT2D eigenvalue weighted by atomic mass is 16.3. The fraction of sp³-hybridized carbons (Fsp3) is 0.475. The first-order valence-electron chi connectivity index (χ1n) is 19.0. The molecule has 54 heavy (non-hydrogen) atoms. The summed E-state index contributed by atoms with van der Waals surface area (Å²) in [5, 5.41) is 22.1. The highest BCUT2D eigenvalue weighted by molar-refractivity contribution is 6.04. The Kier molecular flexibility index (Phi) is 9.42. The summed E-state index contributed by atoms with van der Waals surface area (Å²) in [6.07, 6.45) is 13.3. The van der Waals surface area contributed by atoms with E-state index in [1.807, 2.05) is 30.5 Å². The average Bonchev–Trinajstić information content (AvgIpc) is 3.69. The Labute approximate surface area is 312 Å². The largest absolute Gasteiger partial charge is 0.386 e. The summed E-state index contributed by atoms with van der Waals surface area (Å²) in [5.74, 6) is -0.175. The van der Waals surface area contributed by atoms with Crippen molar-refractivity contribution in [2.45, 2.75) is 88.8 Å². The van der Waals surface area contributed by atoms with Crippen molar-refractivity contribution in [2.75, 3.05) is 25.0 Å². The quantitative estimate of drug-likeness (QED) is 0.194. The fourth-order valence-corrected chi connectivity index (χ4v) is 8.90. The van der Waals surface area contributed by atoms with Crippen molar-refractivity contribution in [1.29, 1.82) is 0 Å². The van der Waals surface area contributed by atoms with Crippen molar-refractivity contribution in [3.8, 4) is 0 Å². The van der Waals surface area contributed by atoms with Crippen molar-refractivity contribution >= 4 is 45.3 Å². The summed E-state index contributed by atoms with van der Waals surface area (Å²) < 4.78 is 5.31. The van der Waals surface area contributed by atoms with E-state index in [4.69, 9.17) is 5.10 Å². The Balaban J connectivity index is 0.896. The Morgan fingerprint density at radius 3 is 2.50 bits per heavy atom. The molecule has 282 valence electrons. The van der Waals surface area contributed by atoms with E-state index < -0.39 is 23.5 Å². The predicted molar refractivity (Wildman–Crippen MR) is 203 cm³/mol. The second-order valence-corrected chi connectivity index (χ2v) is 15.8. The van der Waals surface area contributed by atoms with Gasteiger partial charge in [-0.25, -0.2) is 9.78 Å². The first kappa shape index (κ1) is 35.8. The maximum Gasteiger partial charge on any atom is 0.329 e. The van der Waals surface area contributed by atoms with Gasteiger partial charge in [0.2, 0.25) is 11.8 Å². The Bertz CT molecular complexity index is 2290. The van der Waals surface area contributed by atoms with Gasteiger partial charge in [-0.2, -0.15) is 5.10 Å². The van der Waals surface area contributed by atoms with E-state index in [0.717, 1.165) is 85.7 Å². The average molecular weight is 734 g/mol. The lowest BCUT2D eigenvalue weighted by molar-refractivity contribution is -0.135. The zero-order valence-corrected chi connectivity index (χ0v) is 31.0. The van der Waals surface area contributed by atoms with Crippen LogP contribution in [0.5, 0.6) is 0 Å². The van der Waals surface area contributed by atoms with Crippen LogP contribution in [0.1, 0.15) is 105 Å². The summed E-state index contributed by atoms with van der Waals surface area (Å²) in [6, 6.07) is 9.35. The molecule has 2 aliphatic heterocycles. The fourth-order valence-electron chi connectivity index (χ4n) is 8.90. The molecule has 3 aliphatic rings. The van der Waals surface area contributed by atoms with Crippen LogP contribution in [0.15, 0.2) is 59.9 Å². The normalized spacial score (nSPS) is 21.8. The van der Waals surface area contributed by atoms with E-state index in [9.17, 15) is 24.3 Å². The molecular formula is C40H47N9O5. The number of aryl methyl sites for hydroxylation is 1. The maximum atomic E-state index is 13.4. The molecule has 0 radical (unpaired) electrons. The summed E-state index contributed by atoms with van der Waals surface area (Å²) in [6.45, 7) is 6.44. The van der Waals surface area contributed by atoms with Crippen molar-refractivity contribution in [3.63, 3.8) is 0 Å². The van der Waals surface area contributed by atoms with Crippen molar-refractivity contribution in [3.05, 3.63) is 82.4 Å². The number of piperidine rings is 2. The lowest BCUT2D eigenvalue weighted by atomic mass is 9.84. The van der Waals surface area contributed by atoms with Crippen LogP contribution in [0, 0.1) is 5.92 Å². The predicted octanol–water partition coefficient (Wildman–Crippen LogP) is 4.55. The molecule has 14 nitrogen and oxygen atoms in total. The number of nitrogens with zero attached hydrogens (tertiary/aromatic N) is 7. The van der Waals surface area contributed by atoms with E-state index in [-0.39, 0.29) is 29.8 Å². The number of anilines is 1. The van der Waals surface area contributed by atoms with Gasteiger partial charge < -0.3 is 15.3 Å². The van der Waals surface area contributed by atoms with Gasteiger partial charge in [0.25, 0.3) is 5.91 Å². The van der Waals surface area contributed by atoms with Crippen molar-refractivity contribution in [1.82, 2.24) is 39.1 Å². The van der Waals surface area contributed by atoms with Gasteiger partial charge in [0, 0.05) is 55.2 Å². The van der Waals surface area contributed by atoms with Crippen molar-refractivity contribution in [2.24, 2.45) is 13.0 Å². The van der Waals surface area contributed by atoms with Crippen LogP contribution >= 0.6 is 0 Å². The number of nitrogens with one attached hydrogen (secondary N) is 2. The number of aliphatic hydroxyl groups is 1. The Morgan fingerprint density at radius 1 is 1.02 bits per heavy atom. The highest BCUT2D eigenvalue weighted by Gasteiger charge is 2.33.